The summed E-state index contributed by atoms with van der Waals surface area (Å²) in [5, 5.41) is 19.2. The first-order valence-electron chi connectivity index (χ1n) is 12.0. The first-order chi connectivity index (χ1) is 16.4. The second-order valence-electron chi connectivity index (χ2n) is 9.51. The third-order valence-electron chi connectivity index (χ3n) is 6.87. The zero-order valence-electron chi connectivity index (χ0n) is 19.7. The van der Waals surface area contributed by atoms with Crippen LogP contribution in [-0.2, 0) is 12.8 Å². The Balaban J connectivity index is 1.45. The Morgan fingerprint density at radius 3 is 2.62 bits per heavy atom. The van der Waals surface area contributed by atoms with Gasteiger partial charge in [-0.25, -0.2) is 4.39 Å². The first kappa shape index (κ1) is 23.3. The summed E-state index contributed by atoms with van der Waals surface area (Å²) in [6.07, 6.45) is 1.31. The van der Waals surface area contributed by atoms with Gasteiger partial charge in [-0.2, -0.15) is 0 Å². The number of rotatable bonds is 6. The fourth-order valence-corrected chi connectivity index (χ4v) is 5.40. The topological polar surface area (TPSA) is 63.4 Å². The molecule has 6 nitrogen and oxygen atoms in total. The molecule has 2 heterocycles. The van der Waals surface area contributed by atoms with E-state index in [1.165, 1.54) is 6.07 Å². The number of benzene rings is 2. The highest BCUT2D eigenvalue weighted by Crippen LogP contribution is 2.41. The van der Waals surface area contributed by atoms with Crippen LogP contribution in [0.25, 0.3) is 5.69 Å². The number of aliphatic hydroxyl groups excluding tert-OH is 1. The number of fused-ring (bicyclic) bond motifs is 1. The van der Waals surface area contributed by atoms with Crippen LogP contribution in [0.3, 0.4) is 0 Å². The second-order valence-corrected chi connectivity index (χ2v) is 9.95. The number of β-amino-alcohol motifs (C(OH)–C–C–N with tert-alkyl or cyclic N) is 1. The van der Waals surface area contributed by atoms with Crippen molar-refractivity contribution in [2.75, 3.05) is 13.1 Å². The molecular weight excluding hydrogens is 455 g/mol. The van der Waals surface area contributed by atoms with Crippen molar-refractivity contribution < 1.29 is 14.2 Å². The normalized spacial score (nSPS) is 22.5. The molecule has 1 aliphatic carbocycles. The summed E-state index contributed by atoms with van der Waals surface area (Å²) >= 11 is 6.21. The van der Waals surface area contributed by atoms with Crippen LogP contribution in [0.2, 0.25) is 5.02 Å². The zero-order chi connectivity index (χ0) is 24.0. The Hall–Kier alpha value is -2.48. The quantitative estimate of drug-likeness (QED) is 0.541. The largest absolute Gasteiger partial charge is 0.484 e. The number of aromatic nitrogens is 3. The van der Waals surface area contributed by atoms with Crippen molar-refractivity contribution in [3.05, 3.63) is 70.0 Å². The fraction of sp³-hybridized carbons (Fsp3) is 0.462. The monoisotopic (exact) mass is 484 g/mol. The molecule has 5 rings (SSSR count). The summed E-state index contributed by atoms with van der Waals surface area (Å²) in [6, 6.07) is 11.0. The molecule has 2 aliphatic rings. The molecule has 1 N–H and O–H groups in total. The van der Waals surface area contributed by atoms with Gasteiger partial charge >= 0.3 is 0 Å². The van der Waals surface area contributed by atoms with Crippen molar-refractivity contribution in [1.29, 1.82) is 0 Å². The molecule has 8 heteroatoms. The molecule has 34 heavy (non-hydrogen) atoms. The summed E-state index contributed by atoms with van der Waals surface area (Å²) in [4.78, 5) is 2.21. The third-order valence-corrected chi connectivity index (χ3v) is 7.09. The van der Waals surface area contributed by atoms with Gasteiger partial charge < -0.3 is 9.84 Å². The average Bonchev–Trinajstić information content (AvgIpc) is 3.51. The van der Waals surface area contributed by atoms with E-state index in [4.69, 9.17) is 16.3 Å². The molecule has 0 bridgehead atoms. The SMILES string of the molecule is CCc1nnc(C(C)C)n1-c1ccc(O[C@@H]2c3cc(Cl)cc(F)c3C[C@@H]2N2CC[C@@H](O)C2)cc1. The highest BCUT2D eigenvalue weighted by molar-refractivity contribution is 6.30. The Morgan fingerprint density at radius 2 is 1.97 bits per heavy atom. The van der Waals surface area contributed by atoms with Crippen LogP contribution in [0.15, 0.2) is 36.4 Å². The minimum absolute atomic E-state index is 0.0584. The number of likely N-dealkylation sites (tertiary alicyclic amines) is 1. The van der Waals surface area contributed by atoms with Crippen molar-refractivity contribution in [2.45, 2.75) is 64.2 Å². The minimum Gasteiger partial charge on any atom is -0.484 e. The number of halogens is 2. The van der Waals surface area contributed by atoms with Crippen molar-refractivity contribution >= 4 is 11.6 Å². The molecule has 1 aliphatic heterocycles. The number of hydrogen-bond acceptors (Lipinski definition) is 5. The van der Waals surface area contributed by atoms with E-state index < -0.39 is 0 Å². The maximum absolute atomic E-state index is 14.8. The lowest BCUT2D eigenvalue weighted by molar-refractivity contribution is 0.0818. The van der Waals surface area contributed by atoms with Gasteiger partial charge in [-0.3, -0.25) is 9.47 Å². The van der Waals surface area contributed by atoms with Gasteiger partial charge in [0.1, 0.15) is 29.3 Å². The first-order valence-corrected chi connectivity index (χ1v) is 12.3. The zero-order valence-corrected chi connectivity index (χ0v) is 20.5. The van der Waals surface area contributed by atoms with Crippen LogP contribution in [-0.4, -0.2) is 50.0 Å². The minimum atomic E-state index is -0.369. The van der Waals surface area contributed by atoms with Gasteiger partial charge in [0.25, 0.3) is 0 Å². The molecule has 3 aromatic rings. The number of nitrogens with zero attached hydrogens (tertiary/aromatic N) is 4. The molecule has 1 fully saturated rings. The highest BCUT2D eigenvalue weighted by atomic mass is 35.5. The molecule has 3 atom stereocenters. The van der Waals surface area contributed by atoms with Gasteiger partial charge in [-0.1, -0.05) is 32.4 Å². The fourth-order valence-electron chi connectivity index (χ4n) is 5.18. The van der Waals surface area contributed by atoms with Gasteiger partial charge in [0.2, 0.25) is 0 Å². The van der Waals surface area contributed by atoms with Crippen LogP contribution in [0.1, 0.15) is 62.0 Å². The van der Waals surface area contributed by atoms with E-state index in [1.807, 2.05) is 30.3 Å². The van der Waals surface area contributed by atoms with Gasteiger partial charge in [0.15, 0.2) is 0 Å². The predicted octanol–water partition coefficient (Wildman–Crippen LogP) is 4.86. The van der Waals surface area contributed by atoms with Crippen LogP contribution < -0.4 is 4.74 Å². The Morgan fingerprint density at radius 1 is 1.21 bits per heavy atom. The Bertz CT molecular complexity index is 1180. The van der Waals surface area contributed by atoms with E-state index in [2.05, 4.69) is 40.4 Å². The molecule has 0 unspecified atom stereocenters. The van der Waals surface area contributed by atoms with Crippen LogP contribution >= 0.6 is 11.6 Å². The molecule has 2 aromatic carbocycles. The maximum Gasteiger partial charge on any atom is 0.140 e. The van der Waals surface area contributed by atoms with E-state index >= 15 is 0 Å². The van der Waals surface area contributed by atoms with E-state index in [0.717, 1.165) is 35.9 Å². The van der Waals surface area contributed by atoms with Gasteiger partial charge in [0.05, 0.1) is 12.1 Å². The van der Waals surface area contributed by atoms with Crippen molar-refractivity contribution in [1.82, 2.24) is 19.7 Å². The predicted molar refractivity (Wildman–Crippen MR) is 129 cm³/mol. The van der Waals surface area contributed by atoms with Crippen molar-refractivity contribution in [3.8, 4) is 11.4 Å². The van der Waals surface area contributed by atoms with Crippen LogP contribution in [0.4, 0.5) is 4.39 Å². The molecule has 180 valence electrons. The summed E-state index contributed by atoms with van der Waals surface area (Å²) in [6.45, 7) is 7.61. The van der Waals surface area contributed by atoms with Crippen molar-refractivity contribution in [2.24, 2.45) is 0 Å². The molecule has 0 spiro atoms. The van der Waals surface area contributed by atoms with Gasteiger partial charge in [0, 0.05) is 41.7 Å². The number of aryl methyl sites for hydroxylation is 1. The maximum atomic E-state index is 14.8. The molecular formula is C26H30ClFN4O2. The molecule has 0 amide bonds. The lowest BCUT2D eigenvalue weighted by Gasteiger charge is -2.30. The van der Waals surface area contributed by atoms with Crippen molar-refractivity contribution in [3.63, 3.8) is 0 Å². The average molecular weight is 485 g/mol. The summed E-state index contributed by atoms with van der Waals surface area (Å²) in [5.41, 5.74) is 2.42. The van der Waals surface area contributed by atoms with Crippen LogP contribution in [0, 0.1) is 5.82 Å². The van der Waals surface area contributed by atoms with E-state index in [1.54, 1.807) is 0 Å². The van der Waals surface area contributed by atoms with Gasteiger partial charge in [-0.15, -0.1) is 10.2 Å². The smallest absolute Gasteiger partial charge is 0.140 e. The summed E-state index contributed by atoms with van der Waals surface area (Å²) in [7, 11) is 0. The van der Waals surface area contributed by atoms with Gasteiger partial charge in [-0.05, 0) is 54.8 Å². The van der Waals surface area contributed by atoms with E-state index in [-0.39, 0.29) is 30.0 Å². The molecule has 1 saturated heterocycles. The summed E-state index contributed by atoms with van der Waals surface area (Å²) in [5.74, 6) is 2.49. The van der Waals surface area contributed by atoms with E-state index in [0.29, 0.717) is 35.7 Å². The third kappa shape index (κ3) is 4.21. The number of aliphatic hydroxyl groups is 1. The second kappa shape index (κ2) is 9.29. The summed E-state index contributed by atoms with van der Waals surface area (Å²) < 4.78 is 23.4. The number of ether oxygens (including phenoxy) is 1. The number of hydrogen-bond donors (Lipinski definition) is 1. The lowest BCUT2D eigenvalue weighted by Crippen LogP contribution is -2.39. The van der Waals surface area contributed by atoms with E-state index in [9.17, 15) is 9.50 Å². The molecule has 0 saturated carbocycles. The molecule has 1 aromatic heterocycles. The standard InChI is InChI=1S/C26H30ClFN4O2/c1-4-24-29-30-26(15(2)3)32(24)17-5-7-19(8-6-17)34-25-21-11-16(27)12-22(28)20(21)13-23(25)31-10-9-18(33)14-31/h5-8,11-12,15,18,23,25,33H,4,9-10,13-14H2,1-3H3/t18-,23+,25-/m1/s1. The van der Waals surface area contributed by atoms with Crippen LogP contribution in [0.5, 0.6) is 5.75 Å². The lowest BCUT2D eigenvalue weighted by atomic mass is 10.1. The highest BCUT2D eigenvalue weighted by Gasteiger charge is 2.42. The Labute approximate surface area is 204 Å². The molecule has 0 radical (unpaired) electrons. The Kier molecular flexibility index (Phi) is 6.35.